The summed E-state index contributed by atoms with van der Waals surface area (Å²) in [5.41, 5.74) is 1.06. The van der Waals surface area contributed by atoms with Gasteiger partial charge >= 0.3 is 0 Å². The quantitative estimate of drug-likeness (QED) is 0.835. The normalized spacial score (nSPS) is 21.8. The van der Waals surface area contributed by atoms with Gasteiger partial charge in [-0.05, 0) is 48.2 Å². The Labute approximate surface area is 105 Å². The summed E-state index contributed by atoms with van der Waals surface area (Å²) in [5, 5.41) is 6.94. The molecule has 3 nitrogen and oxygen atoms in total. The first-order valence-corrected chi connectivity index (χ1v) is 6.82. The molecule has 1 aromatic rings. The summed E-state index contributed by atoms with van der Waals surface area (Å²) in [7, 11) is 0. The van der Waals surface area contributed by atoms with Crippen molar-refractivity contribution >= 4 is 23.3 Å². The molecule has 0 radical (unpaired) electrons. The van der Waals surface area contributed by atoms with Crippen molar-refractivity contribution in [3.05, 3.63) is 28.5 Å². The molecule has 1 amide bonds. The van der Waals surface area contributed by atoms with Gasteiger partial charge < -0.3 is 10.1 Å². The fraction of sp³-hybridized carbons (Fsp3) is 0.462. The molecule has 0 aliphatic carbocycles. The van der Waals surface area contributed by atoms with Crippen molar-refractivity contribution in [3.63, 3.8) is 0 Å². The minimum Gasteiger partial charge on any atom is -0.376 e. The SMILES string of the molecule is CC(NC(=O)C=Cc1ccsc1)C1CCCO1. The molecule has 4 heteroatoms. The van der Waals surface area contributed by atoms with E-state index < -0.39 is 0 Å². The first-order chi connectivity index (χ1) is 8.25. The Morgan fingerprint density at radius 2 is 2.59 bits per heavy atom. The minimum absolute atomic E-state index is 0.0563. The van der Waals surface area contributed by atoms with Crippen molar-refractivity contribution in [1.82, 2.24) is 5.32 Å². The Kier molecular flexibility index (Phi) is 4.34. The maximum absolute atomic E-state index is 11.7. The van der Waals surface area contributed by atoms with E-state index in [2.05, 4.69) is 5.32 Å². The van der Waals surface area contributed by atoms with E-state index >= 15 is 0 Å². The third-order valence-electron chi connectivity index (χ3n) is 2.86. The lowest BCUT2D eigenvalue weighted by molar-refractivity contribution is -0.117. The zero-order valence-corrected chi connectivity index (χ0v) is 10.7. The second kappa shape index (κ2) is 5.98. The third-order valence-corrected chi connectivity index (χ3v) is 3.56. The molecule has 2 heterocycles. The van der Waals surface area contributed by atoms with E-state index in [9.17, 15) is 4.79 Å². The summed E-state index contributed by atoms with van der Waals surface area (Å²) >= 11 is 1.62. The average Bonchev–Trinajstić information content (AvgIpc) is 2.99. The van der Waals surface area contributed by atoms with Crippen LogP contribution in [0.5, 0.6) is 0 Å². The molecule has 1 aliphatic heterocycles. The summed E-state index contributed by atoms with van der Waals surface area (Å²) in [6.07, 6.45) is 5.71. The predicted octanol–water partition coefficient (Wildman–Crippen LogP) is 2.45. The maximum atomic E-state index is 11.7. The van der Waals surface area contributed by atoms with Gasteiger partial charge in [-0.25, -0.2) is 0 Å². The lowest BCUT2D eigenvalue weighted by Crippen LogP contribution is -2.39. The number of rotatable bonds is 4. The van der Waals surface area contributed by atoms with E-state index in [1.807, 2.05) is 29.8 Å². The lowest BCUT2D eigenvalue weighted by Gasteiger charge is -2.18. The van der Waals surface area contributed by atoms with Gasteiger partial charge in [-0.1, -0.05) is 0 Å². The zero-order valence-electron chi connectivity index (χ0n) is 9.89. The van der Waals surface area contributed by atoms with Crippen LogP contribution in [0.25, 0.3) is 6.08 Å². The predicted molar refractivity (Wildman–Crippen MR) is 69.9 cm³/mol. The van der Waals surface area contributed by atoms with Gasteiger partial charge in [0.1, 0.15) is 0 Å². The summed E-state index contributed by atoms with van der Waals surface area (Å²) in [6.45, 7) is 2.81. The average molecular weight is 251 g/mol. The third kappa shape index (κ3) is 3.68. The molecule has 1 N–H and O–H groups in total. The second-order valence-electron chi connectivity index (χ2n) is 4.24. The van der Waals surface area contributed by atoms with Gasteiger partial charge in [0.25, 0.3) is 0 Å². The summed E-state index contributed by atoms with van der Waals surface area (Å²) in [6, 6.07) is 2.06. The number of hydrogen-bond donors (Lipinski definition) is 1. The van der Waals surface area contributed by atoms with Crippen LogP contribution in [0, 0.1) is 0 Å². The van der Waals surface area contributed by atoms with Crippen LogP contribution < -0.4 is 5.32 Å². The molecule has 1 fully saturated rings. The molecule has 1 aromatic heterocycles. The molecule has 92 valence electrons. The van der Waals surface area contributed by atoms with E-state index in [-0.39, 0.29) is 18.1 Å². The number of carbonyl (C=O) groups is 1. The minimum atomic E-state index is -0.0563. The number of hydrogen-bond acceptors (Lipinski definition) is 3. The first kappa shape index (κ1) is 12.3. The van der Waals surface area contributed by atoms with E-state index in [4.69, 9.17) is 4.74 Å². The number of thiophene rings is 1. The van der Waals surface area contributed by atoms with Crippen LogP contribution in [-0.4, -0.2) is 24.7 Å². The molecule has 0 aromatic carbocycles. The highest BCUT2D eigenvalue weighted by Gasteiger charge is 2.22. The number of amides is 1. The Bertz CT molecular complexity index is 380. The molecule has 2 unspecified atom stereocenters. The highest BCUT2D eigenvalue weighted by molar-refractivity contribution is 7.08. The fourth-order valence-corrected chi connectivity index (χ4v) is 2.53. The Balaban J connectivity index is 1.80. The van der Waals surface area contributed by atoms with Crippen LogP contribution in [0.3, 0.4) is 0 Å². The standard InChI is InChI=1S/C13H17NO2S/c1-10(12-3-2-7-16-12)14-13(15)5-4-11-6-8-17-9-11/h4-6,8-10,12H,2-3,7H2,1H3,(H,14,15). The summed E-state index contributed by atoms with van der Waals surface area (Å²) in [5.74, 6) is -0.0563. The Hall–Kier alpha value is -1.13. The van der Waals surface area contributed by atoms with E-state index in [1.165, 1.54) is 0 Å². The van der Waals surface area contributed by atoms with Crippen molar-refractivity contribution < 1.29 is 9.53 Å². The van der Waals surface area contributed by atoms with Crippen LogP contribution in [0.15, 0.2) is 22.9 Å². The Morgan fingerprint density at radius 3 is 3.24 bits per heavy atom. The van der Waals surface area contributed by atoms with Crippen LogP contribution in [0.2, 0.25) is 0 Å². The zero-order chi connectivity index (χ0) is 12.1. The molecule has 1 aliphatic rings. The molecule has 0 spiro atoms. The van der Waals surface area contributed by atoms with Crippen molar-refractivity contribution in [3.8, 4) is 0 Å². The van der Waals surface area contributed by atoms with E-state index in [0.29, 0.717) is 0 Å². The van der Waals surface area contributed by atoms with Gasteiger partial charge in [0.15, 0.2) is 0 Å². The molecular formula is C13H17NO2S. The van der Waals surface area contributed by atoms with Gasteiger partial charge in [-0.2, -0.15) is 11.3 Å². The van der Waals surface area contributed by atoms with Crippen molar-refractivity contribution in [1.29, 1.82) is 0 Å². The molecular weight excluding hydrogens is 234 g/mol. The van der Waals surface area contributed by atoms with Crippen LogP contribution >= 0.6 is 11.3 Å². The van der Waals surface area contributed by atoms with Gasteiger partial charge in [0, 0.05) is 12.7 Å². The van der Waals surface area contributed by atoms with Crippen LogP contribution in [-0.2, 0) is 9.53 Å². The molecule has 2 rings (SSSR count). The monoisotopic (exact) mass is 251 g/mol. The van der Waals surface area contributed by atoms with E-state index in [1.54, 1.807) is 17.4 Å². The summed E-state index contributed by atoms with van der Waals surface area (Å²) < 4.78 is 5.53. The topological polar surface area (TPSA) is 38.3 Å². The van der Waals surface area contributed by atoms with Gasteiger partial charge in [0.05, 0.1) is 12.1 Å². The molecule has 1 saturated heterocycles. The van der Waals surface area contributed by atoms with Gasteiger partial charge in [0.2, 0.25) is 5.91 Å². The maximum Gasteiger partial charge on any atom is 0.244 e. The first-order valence-electron chi connectivity index (χ1n) is 5.88. The Morgan fingerprint density at radius 1 is 1.71 bits per heavy atom. The summed E-state index contributed by atoms with van der Waals surface area (Å²) in [4.78, 5) is 11.7. The van der Waals surface area contributed by atoms with Crippen molar-refractivity contribution in [2.45, 2.75) is 31.9 Å². The molecule has 2 atom stereocenters. The molecule has 0 saturated carbocycles. The number of ether oxygens (including phenoxy) is 1. The highest BCUT2D eigenvalue weighted by Crippen LogP contribution is 2.15. The largest absolute Gasteiger partial charge is 0.376 e. The lowest BCUT2D eigenvalue weighted by atomic mass is 10.1. The second-order valence-corrected chi connectivity index (χ2v) is 5.02. The van der Waals surface area contributed by atoms with Crippen LogP contribution in [0.4, 0.5) is 0 Å². The smallest absolute Gasteiger partial charge is 0.244 e. The molecule has 0 bridgehead atoms. The fourth-order valence-electron chi connectivity index (χ4n) is 1.90. The van der Waals surface area contributed by atoms with Gasteiger partial charge in [-0.3, -0.25) is 4.79 Å². The van der Waals surface area contributed by atoms with Crippen molar-refractivity contribution in [2.75, 3.05) is 6.61 Å². The van der Waals surface area contributed by atoms with E-state index in [0.717, 1.165) is 25.0 Å². The number of nitrogens with one attached hydrogen (secondary N) is 1. The molecule has 17 heavy (non-hydrogen) atoms. The van der Waals surface area contributed by atoms with Crippen LogP contribution in [0.1, 0.15) is 25.3 Å². The van der Waals surface area contributed by atoms with Crippen molar-refractivity contribution in [2.24, 2.45) is 0 Å². The van der Waals surface area contributed by atoms with Gasteiger partial charge in [-0.15, -0.1) is 0 Å². The number of carbonyl (C=O) groups excluding carboxylic acids is 1. The highest BCUT2D eigenvalue weighted by atomic mass is 32.1.